The zero-order chi connectivity index (χ0) is 18.3. The molecule has 0 unspecified atom stereocenters. The Hall–Kier alpha value is -3.67. The van der Waals surface area contributed by atoms with Crippen LogP contribution in [0.5, 0.6) is 5.75 Å². The number of carbonyl (C=O) groups is 3. The highest BCUT2D eigenvalue weighted by molar-refractivity contribution is 6.25. The number of hydrogen-bond donors (Lipinski definition) is 0. The molecule has 6 nitrogen and oxygen atoms in total. The van der Waals surface area contributed by atoms with Gasteiger partial charge in [0, 0.05) is 5.39 Å². The van der Waals surface area contributed by atoms with Crippen molar-refractivity contribution in [2.75, 3.05) is 7.11 Å². The third-order valence-corrected chi connectivity index (χ3v) is 4.24. The molecule has 1 aliphatic heterocycles. The highest BCUT2D eigenvalue weighted by atomic mass is 16.7. The van der Waals surface area contributed by atoms with Gasteiger partial charge in [0.25, 0.3) is 11.8 Å². The lowest BCUT2D eigenvalue weighted by atomic mass is 9.95. The number of imide groups is 1. The summed E-state index contributed by atoms with van der Waals surface area (Å²) in [5.74, 6) is -1.92. The highest BCUT2D eigenvalue weighted by Crippen LogP contribution is 2.30. The maximum absolute atomic E-state index is 12.7. The maximum Gasteiger partial charge on any atom is 0.367 e. The summed E-state index contributed by atoms with van der Waals surface area (Å²) in [5.41, 5.74) is 0.740. The van der Waals surface area contributed by atoms with Gasteiger partial charge in [-0.2, -0.15) is 0 Å². The van der Waals surface area contributed by atoms with E-state index in [1.54, 1.807) is 42.5 Å². The first-order valence-electron chi connectivity index (χ1n) is 7.87. The predicted molar refractivity (Wildman–Crippen MR) is 92.9 cm³/mol. The molecule has 1 aliphatic rings. The minimum atomic E-state index is -0.851. The van der Waals surface area contributed by atoms with Crippen molar-refractivity contribution in [2.45, 2.75) is 0 Å². The van der Waals surface area contributed by atoms with Gasteiger partial charge in [0.05, 0.1) is 18.2 Å². The molecule has 3 aromatic carbocycles. The number of ether oxygens (including phenoxy) is 1. The number of amides is 2. The lowest BCUT2D eigenvalue weighted by Crippen LogP contribution is -2.41. The fraction of sp³-hybridized carbons (Fsp3) is 0.0500. The van der Waals surface area contributed by atoms with Crippen molar-refractivity contribution < 1.29 is 24.0 Å². The smallest absolute Gasteiger partial charge is 0.367 e. The number of nitrogens with zero attached hydrogens (tertiary/aromatic N) is 1. The molecule has 0 bridgehead atoms. The van der Waals surface area contributed by atoms with Crippen molar-refractivity contribution in [1.29, 1.82) is 0 Å². The SMILES string of the molecule is COc1ccccc1C(=O)ON1C(=O)c2cccc3cccc(c23)C1=O. The molecule has 26 heavy (non-hydrogen) atoms. The summed E-state index contributed by atoms with van der Waals surface area (Å²) < 4.78 is 5.12. The first kappa shape index (κ1) is 15.8. The minimum Gasteiger partial charge on any atom is -0.496 e. The van der Waals surface area contributed by atoms with E-state index in [0.29, 0.717) is 21.6 Å². The van der Waals surface area contributed by atoms with E-state index >= 15 is 0 Å². The maximum atomic E-state index is 12.7. The normalized spacial score (nSPS) is 13.0. The van der Waals surface area contributed by atoms with Gasteiger partial charge >= 0.3 is 5.97 Å². The Labute approximate surface area is 148 Å². The van der Waals surface area contributed by atoms with Crippen LogP contribution in [-0.2, 0) is 4.84 Å². The summed E-state index contributed by atoms with van der Waals surface area (Å²) in [6, 6.07) is 16.7. The van der Waals surface area contributed by atoms with Gasteiger partial charge in [0.15, 0.2) is 0 Å². The topological polar surface area (TPSA) is 72.9 Å². The van der Waals surface area contributed by atoms with Gasteiger partial charge in [-0.15, -0.1) is 0 Å². The average molecular weight is 347 g/mol. The van der Waals surface area contributed by atoms with Gasteiger partial charge in [-0.05, 0) is 29.7 Å². The number of hydrogen-bond acceptors (Lipinski definition) is 5. The summed E-state index contributed by atoms with van der Waals surface area (Å²) in [4.78, 5) is 43.1. The van der Waals surface area contributed by atoms with E-state index in [1.165, 1.54) is 13.2 Å². The highest BCUT2D eigenvalue weighted by Gasteiger charge is 2.36. The quantitative estimate of drug-likeness (QED) is 0.680. The number of hydroxylamine groups is 2. The van der Waals surface area contributed by atoms with Crippen molar-refractivity contribution in [3.05, 3.63) is 77.4 Å². The Kier molecular flexibility index (Phi) is 3.65. The summed E-state index contributed by atoms with van der Waals surface area (Å²) in [5, 5.41) is 1.85. The second kappa shape index (κ2) is 6.00. The van der Waals surface area contributed by atoms with E-state index in [-0.39, 0.29) is 11.3 Å². The summed E-state index contributed by atoms with van der Waals surface area (Å²) in [6.45, 7) is 0. The van der Waals surface area contributed by atoms with Gasteiger partial charge in [0.1, 0.15) is 11.3 Å². The summed E-state index contributed by atoms with van der Waals surface area (Å²) in [6.07, 6.45) is 0. The standard InChI is InChI=1S/C20H13NO5/c1-25-16-11-3-2-8-13(16)20(24)26-21-18(22)14-9-4-6-12-7-5-10-15(17(12)14)19(21)23/h2-11H,1H3. The van der Waals surface area contributed by atoms with E-state index in [0.717, 1.165) is 5.39 Å². The van der Waals surface area contributed by atoms with E-state index in [4.69, 9.17) is 9.57 Å². The molecule has 0 saturated carbocycles. The Morgan fingerprint density at radius 1 is 0.846 bits per heavy atom. The Balaban J connectivity index is 1.74. The molecule has 4 rings (SSSR count). The third-order valence-electron chi connectivity index (χ3n) is 4.24. The number of para-hydroxylation sites is 1. The fourth-order valence-corrected chi connectivity index (χ4v) is 3.04. The van der Waals surface area contributed by atoms with Crippen LogP contribution < -0.4 is 4.74 Å². The van der Waals surface area contributed by atoms with Crippen molar-refractivity contribution in [3.63, 3.8) is 0 Å². The van der Waals surface area contributed by atoms with Crippen LogP contribution in [0.15, 0.2) is 60.7 Å². The van der Waals surface area contributed by atoms with E-state index < -0.39 is 17.8 Å². The summed E-state index contributed by atoms with van der Waals surface area (Å²) in [7, 11) is 1.42. The van der Waals surface area contributed by atoms with Gasteiger partial charge in [-0.3, -0.25) is 9.59 Å². The number of benzene rings is 3. The van der Waals surface area contributed by atoms with Crippen molar-refractivity contribution in [1.82, 2.24) is 5.06 Å². The van der Waals surface area contributed by atoms with Crippen LogP contribution in [-0.4, -0.2) is 30.0 Å². The molecule has 6 heteroatoms. The molecule has 0 aromatic heterocycles. The van der Waals surface area contributed by atoms with Gasteiger partial charge in [-0.1, -0.05) is 41.5 Å². The van der Waals surface area contributed by atoms with Crippen LogP contribution in [0.2, 0.25) is 0 Å². The van der Waals surface area contributed by atoms with Crippen LogP contribution in [0.1, 0.15) is 31.1 Å². The lowest BCUT2D eigenvalue weighted by molar-refractivity contribution is -0.0622. The second-order valence-corrected chi connectivity index (χ2v) is 5.69. The van der Waals surface area contributed by atoms with Crippen LogP contribution in [0.25, 0.3) is 10.8 Å². The number of methoxy groups -OCH3 is 1. The van der Waals surface area contributed by atoms with E-state index in [1.807, 2.05) is 12.1 Å². The first-order valence-corrected chi connectivity index (χ1v) is 7.87. The minimum absolute atomic E-state index is 0.118. The molecule has 3 aromatic rings. The van der Waals surface area contributed by atoms with E-state index in [9.17, 15) is 14.4 Å². The van der Waals surface area contributed by atoms with Crippen molar-refractivity contribution >= 4 is 28.6 Å². The molecule has 0 atom stereocenters. The second-order valence-electron chi connectivity index (χ2n) is 5.69. The molecule has 2 amide bonds. The van der Waals surface area contributed by atoms with E-state index in [2.05, 4.69) is 0 Å². The van der Waals surface area contributed by atoms with Crippen LogP contribution in [0.4, 0.5) is 0 Å². The molecular weight excluding hydrogens is 334 g/mol. The fourth-order valence-electron chi connectivity index (χ4n) is 3.04. The Morgan fingerprint density at radius 2 is 1.46 bits per heavy atom. The average Bonchev–Trinajstić information content (AvgIpc) is 2.69. The largest absolute Gasteiger partial charge is 0.496 e. The number of rotatable bonds is 3. The number of carbonyl (C=O) groups excluding carboxylic acids is 3. The van der Waals surface area contributed by atoms with Crippen LogP contribution in [0.3, 0.4) is 0 Å². The Bertz CT molecular complexity index is 1020. The summed E-state index contributed by atoms with van der Waals surface area (Å²) >= 11 is 0. The molecular formula is C20H13NO5. The predicted octanol–water partition coefficient (Wildman–Crippen LogP) is 3.22. The molecule has 0 spiro atoms. The molecule has 128 valence electrons. The van der Waals surface area contributed by atoms with Crippen LogP contribution >= 0.6 is 0 Å². The first-order chi connectivity index (χ1) is 12.6. The molecule has 0 N–H and O–H groups in total. The lowest BCUT2D eigenvalue weighted by Gasteiger charge is -2.25. The Morgan fingerprint density at radius 3 is 2.08 bits per heavy atom. The molecule has 0 fully saturated rings. The van der Waals surface area contributed by atoms with Crippen molar-refractivity contribution in [2.24, 2.45) is 0 Å². The van der Waals surface area contributed by atoms with Gasteiger partial charge < -0.3 is 9.57 Å². The zero-order valence-electron chi connectivity index (χ0n) is 13.8. The molecule has 0 radical (unpaired) electrons. The monoisotopic (exact) mass is 347 g/mol. The van der Waals surface area contributed by atoms with Gasteiger partial charge in [-0.25, -0.2) is 4.79 Å². The molecule has 1 heterocycles. The van der Waals surface area contributed by atoms with Crippen molar-refractivity contribution in [3.8, 4) is 5.75 Å². The van der Waals surface area contributed by atoms with Crippen LogP contribution in [0, 0.1) is 0 Å². The van der Waals surface area contributed by atoms with Gasteiger partial charge in [0.2, 0.25) is 0 Å². The molecule has 0 saturated heterocycles. The zero-order valence-corrected chi connectivity index (χ0v) is 13.8. The third kappa shape index (κ3) is 2.31. The molecule has 0 aliphatic carbocycles.